The minimum absolute atomic E-state index is 0. The SMILES string of the molecule is C=C1C=CC=CC1S(=O)(=O)[O-].[Na+]. The van der Waals surface area contributed by atoms with E-state index >= 15 is 0 Å². The van der Waals surface area contributed by atoms with Crippen LogP contribution >= 0.6 is 0 Å². The van der Waals surface area contributed by atoms with E-state index in [1.807, 2.05) is 0 Å². The third-order valence-corrected chi connectivity index (χ3v) is 2.47. The molecule has 0 aromatic rings. The molecule has 0 spiro atoms. The molecule has 0 saturated carbocycles. The van der Waals surface area contributed by atoms with Crippen LogP contribution in [0.3, 0.4) is 0 Å². The van der Waals surface area contributed by atoms with E-state index < -0.39 is 15.4 Å². The fraction of sp³-hybridized carbons (Fsp3) is 0.143. The Morgan fingerprint density at radius 1 is 1.42 bits per heavy atom. The van der Waals surface area contributed by atoms with Crippen molar-refractivity contribution in [3.63, 3.8) is 0 Å². The largest absolute Gasteiger partial charge is 1.00 e. The molecule has 1 unspecified atom stereocenters. The van der Waals surface area contributed by atoms with E-state index in [4.69, 9.17) is 0 Å². The van der Waals surface area contributed by atoms with Crippen molar-refractivity contribution in [3.8, 4) is 0 Å². The third-order valence-electron chi connectivity index (χ3n) is 1.38. The Kier molecular flexibility index (Phi) is 4.44. The minimum atomic E-state index is -4.26. The molecule has 1 rings (SSSR count). The topological polar surface area (TPSA) is 57.2 Å². The molecule has 0 aliphatic heterocycles. The molecule has 0 radical (unpaired) electrons. The van der Waals surface area contributed by atoms with Gasteiger partial charge in [0.25, 0.3) is 0 Å². The number of allylic oxidation sites excluding steroid dienone is 3. The molecular formula is C7H7NaO3S. The quantitative estimate of drug-likeness (QED) is 0.345. The standard InChI is InChI=1S/C7H8O3S.Na/c1-6-4-2-3-5-7(6)11(8,9)10;/h2-5,7H,1H2,(H,8,9,10);/q;+1/p-1. The fourth-order valence-electron chi connectivity index (χ4n) is 0.844. The number of hydrogen-bond donors (Lipinski definition) is 0. The van der Waals surface area contributed by atoms with Crippen LogP contribution in [0.4, 0.5) is 0 Å². The summed E-state index contributed by atoms with van der Waals surface area (Å²) in [6.07, 6.45) is 6.00. The van der Waals surface area contributed by atoms with Crippen molar-refractivity contribution < 1.29 is 42.5 Å². The van der Waals surface area contributed by atoms with Gasteiger partial charge in [-0.2, -0.15) is 0 Å². The van der Waals surface area contributed by atoms with Crippen LogP contribution in [0.15, 0.2) is 36.5 Å². The molecular weight excluding hydrogens is 187 g/mol. The molecule has 1 aliphatic rings. The molecule has 5 heteroatoms. The molecule has 0 aromatic heterocycles. The van der Waals surface area contributed by atoms with Gasteiger partial charge in [0.1, 0.15) is 10.1 Å². The maximum Gasteiger partial charge on any atom is 1.00 e. The zero-order valence-corrected chi connectivity index (χ0v) is 9.54. The van der Waals surface area contributed by atoms with E-state index in [1.54, 1.807) is 6.08 Å². The second-order valence-electron chi connectivity index (χ2n) is 2.23. The Balaban J connectivity index is 0.00000121. The molecule has 1 aliphatic carbocycles. The summed E-state index contributed by atoms with van der Waals surface area (Å²) in [6.45, 7) is 3.44. The van der Waals surface area contributed by atoms with E-state index in [2.05, 4.69) is 6.58 Å². The predicted molar refractivity (Wildman–Crippen MR) is 40.9 cm³/mol. The molecule has 0 fully saturated rings. The Morgan fingerprint density at radius 2 is 2.00 bits per heavy atom. The molecule has 0 saturated heterocycles. The van der Waals surface area contributed by atoms with Gasteiger partial charge >= 0.3 is 29.6 Å². The van der Waals surface area contributed by atoms with Crippen LogP contribution in [0, 0.1) is 0 Å². The number of hydrogen-bond acceptors (Lipinski definition) is 3. The van der Waals surface area contributed by atoms with E-state index in [9.17, 15) is 13.0 Å². The second-order valence-corrected chi connectivity index (χ2v) is 3.73. The van der Waals surface area contributed by atoms with Gasteiger partial charge in [0.05, 0.1) is 5.25 Å². The summed E-state index contributed by atoms with van der Waals surface area (Å²) in [5, 5.41) is -1.08. The van der Waals surface area contributed by atoms with Gasteiger partial charge in [-0.3, -0.25) is 0 Å². The molecule has 0 aromatic carbocycles. The molecule has 3 nitrogen and oxygen atoms in total. The van der Waals surface area contributed by atoms with Crippen molar-refractivity contribution in [2.75, 3.05) is 0 Å². The van der Waals surface area contributed by atoms with E-state index in [0.717, 1.165) is 0 Å². The van der Waals surface area contributed by atoms with E-state index in [1.165, 1.54) is 18.2 Å². The first-order valence-corrected chi connectivity index (χ1v) is 4.47. The van der Waals surface area contributed by atoms with Crippen molar-refractivity contribution in [1.29, 1.82) is 0 Å². The summed E-state index contributed by atoms with van der Waals surface area (Å²) >= 11 is 0. The van der Waals surface area contributed by atoms with Crippen LogP contribution in [-0.2, 0) is 10.1 Å². The summed E-state index contributed by atoms with van der Waals surface area (Å²) in [5.74, 6) is 0. The van der Waals surface area contributed by atoms with E-state index in [0.29, 0.717) is 5.57 Å². The van der Waals surface area contributed by atoms with Crippen LogP contribution in [0.5, 0.6) is 0 Å². The maximum atomic E-state index is 10.5. The summed E-state index contributed by atoms with van der Waals surface area (Å²) in [7, 11) is -4.26. The Hall–Kier alpha value is 0.130. The first kappa shape index (κ1) is 12.1. The van der Waals surface area contributed by atoms with Crippen molar-refractivity contribution in [1.82, 2.24) is 0 Å². The smallest absolute Gasteiger partial charge is 0.747 e. The van der Waals surface area contributed by atoms with Gasteiger partial charge in [0.15, 0.2) is 0 Å². The fourth-order valence-corrected chi connectivity index (χ4v) is 1.58. The molecule has 1 atom stereocenters. The second kappa shape index (κ2) is 4.39. The van der Waals surface area contributed by atoms with Gasteiger partial charge in [0, 0.05) is 0 Å². The first-order valence-electron chi connectivity index (χ1n) is 3.00. The summed E-state index contributed by atoms with van der Waals surface area (Å²) in [6, 6.07) is 0. The molecule has 0 bridgehead atoms. The molecule has 0 heterocycles. The van der Waals surface area contributed by atoms with Crippen LogP contribution < -0.4 is 29.6 Å². The van der Waals surface area contributed by atoms with Crippen LogP contribution in [-0.4, -0.2) is 18.2 Å². The number of rotatable bonds is 1. The summed E-state index contributed by atoms with van der Waals surface area (Å²) < 4.78 is 31.5. The van der Waals surface area contributed by atoms with Crippen LogP contribution in [0.1, 0.15) is 0 Å². The van der Waals surface area contributed by atoms with Gasteiger partial charge in [-0.15, -0.1) is 0 Å². The van der Waals surface area contributed by atoms with Gasteiger partial charge < -0.3 is 4.55 Å². The van der Waals surface area contributed by atoms with Crippen molar-refractivity contribution in [2.45, 2.75) is 5.25 Å². The van der Waals surface area contributed by atoms with Crippen LogP contribution in [0.2, 0.25) is 0 Å². The minimum Gasteiger partial charge on any atom is -0.747 e. The molecule has 0 amide bonds. The normalized spacial score (nSPS) is 22.1. The third kappa shape index (κ3) is 2.88. The summed E-state index contributed by atoms with van der Waals surface area (Å²) in [5.41, 5.74) is 0.322. The van der Waals surface area contributed by atoms with Crippen molar-refractivity contribution in [3.05, 3.63) is 36.5 Å². The first-order chi connectivity index (χ1) is 5.02. The Bertz CT molecular complexity index is 327. The zero-order chi connectivity index (χ0) is 8.48. The van der Waals surface area contributed by atoms with Gasteiger partial charge in [-0.05, 0) is 5.57 Å². The van der Waals surface area contributed by atoms with Crippen molar-refractivity contribution >= 4 is 10.1 Å². The molecule has 60 valence electrons. The van der Waals surface area contributed by atoms with Gasteiger partial charge in [0.2, 0.25) is 0 Å². The predicted octanol–water partition coefficient (Wildman–Crippen LogP) is -2.41. The average Bonchev–Trinajstić information content (AvgIpc) is 1.86. The Morgan fingerprint density at radius 3 is 2.33 bits per heavy atom. The van der Waals surface area contributed by atoms with Gasteiger partial charge in [-0.1, -0.05) is 30.9 Å². The molecule has 12 heavy (non-hydrogen) atoms. The zero-order valence-electron chi connectivity index (χ0n) is 6.73. The molecule has 0 N–H and O–H groups in total. The maximum absolute atomic E-state index is 10.5. The van der Waals surface area contributed by atoms with Crippen LogP contribution in [0.25, 0.3) is 0 Å². The van der Waals surface area contributed by atoms with E-state index in [-0.39, 0.29) is 29.6 Å². The van der Waals surface area contributed by atoms with Gasteiger partial charge in [-0.25, -0.2) is 8.42 Å². The average molecular weight is 194 g/mol. The summed E-state index contributed by atoms with van der Waals surface area (Å²) in [4.78, 5) is 0. The monoisotopic (exact) mass is 194 g/mol. The Labute approximate surface area is 93.9 Å². The van der Waals surface area contributed by atoms with Crippen molar-refractivity contribution in [2.24, 2.45) is 0 Å².